The van der Waals surface area contributed by atoms with Crippen molar-refractivity contribution in [2.75, 3.05) is 18.9 Å². The Bertz CT molecular complexity index is 745. The van der Waals surface area contributed by atoms with Gasteiger partial charge in [0.2, 0.25) is 11.8 Å². The van der Waals surface area contributed by atoms with Crippen LogP contribution in [0, 0.1) is 12.8 Å². The summed E-state index contributed by atoms with van der Waals surface area (Å²) in [5.74, 6) is 0.566. The second-order valence-electron chi connectivity index (χ2n) is 6.27. The number of benzene rings is 1. The average Bonchev–Trinajstić information content (AvgIpc) is 3.35. The molecular formula is C19H21N3O2. The Labute approximate surface area is 141 Å². The van der Waals surface area contributed by atoms with E-state index in [2.05, 4.69) is 10.3 Å². The van der Waals surface area contributed by atoms with E-state index >= 15 is 0 Å². The van der Waals surface area contributed by atoms with Gasteiger partial charge in [-0.3, -0.25) is 9.59 Å². The number of nitrogens with one attached hydrogen (secondary N) is 1. The molecule has 0 unspecified atom stereocenters. The van der Waals surface area contributed by atoms with E-state index in [1.54, 1.807) is 13.1 Å². The molecule has 0 saturated heterocycles. The summed E-state index contributed by atoms with van der Waals surface area (Å²) in [6.45, 7) is 1.90. The molecule has 2 aromatic rings. The van der Waals surface area contributed by atoms with Crippen molar-refractivity contribution in [2.24, 2.45) is 5.92 Å². The van der Waals surface area contributed by atoms with Gasteiger partial charge < -0.3 is 10.2 Å². The van der Waals surface area contributed by atoms with E-state index in [-0.39, 0.29) is 30.2 Å². The van der Waals surface area contributed by atoms with Crippen LogP contribution < -0.4 is 5.32 Å². The quantitative estimate of drug-likeness (QED) is 0.920. The minimum Gasteiger partial charge on any atom is -0.336 e. The Hall–Kier alpha value is -2.69. The lowest BCUT2D eigenvalue weighted by molar-refractivity contribution is -0.134. The Balaban J connectivity index is 1.52. The number of nitrogens with zero attached hydrogens (tertiary/aromatic N) is 2. The van der Waals surface area contributed by atoms with Gasteiger partial charge in [0, 0.05) is 18.7 Å². The molecule has 0 spiro atoms. The van der Waals surface area contributed by atoms with Gasteiger partial charge >= 0.3 is 0 Å². The third kappa shape index (κ3) is 3.79. The lowest BCUT2D eigenvalue weighted by atomic mass is 10.1. The van der Waals surface area contributed by atoms with Crippen LogP contribution in [-0.2, 0) is 9.59 Å². The van der Waals surface area contributed by atoms with E-state index in [1.807, 2.05) is 49.4 Å². The maximum absolute atomic E-state index is 12.5. The molecule has 124 valence electrons. The zero-order chi connectivity index (χ0) is 17.1. The average molecular weight is 323 g/mol. The van der Waals surface area contributed by atoms with Crippen LogP contribution in [0.1, 0.15) is 23.6 Å². The molecule has 5 nitrogen and oxygen atoms in total. The molecule has 2 atom stereocenters. The molecule has 1 saturated carbocycles. The molecule has 1 heterocycles. The first kappa shape index (κ1) is 16.2. The molecule has 1 aromatic heterocycles. The zero-order valence-electron chi connectivity index (χ0n) is 13.9. The van der Waals surface area contributed by atoms with E-state index in [0.29, 0.717) is 5.82 Å². The van der Waals surface area contributed by atoms with Gasteiger partial charge in [-0.1, -0.05) is 36.4 Å². The van der Waals surface area contributed by atoms with Crippen LogP contribution in [-0.4, -0.2) is 35.3 Å². The van der Waals surface area contributed by atoms with Crippen molar-refractivity contribution in [2.45, 2.75) is 19.3 Å². The van der Waals surface area contributed by atoms with Crippen molar-refractivity contribution >= 4 is 17.6 Å². The number of carbonyl (C=O) groups excluding carboxylic acids is 2. The van der Waals surface area contributed by atoms with Gasteiger partial charge in [0.1, 0.15) is 5.82 Å². The lowest BCUT2D eigenvalue weighted by Gasteiger charge is -2.17. The first-order valence-electron chi connectivity index (χ1n) is 8.08. The van der Waals surface area contributed by atoms with Crippen molar-refractivity contribution in [1.29, 1.82) is 0 Å². The molecule has 2 amide bonds. The van der Waals surface area contributed by atoms with Gasteiger partial charge in [0.25, 0.3) is 0 Å². The fourth-order valence-electron chi connectivity index (χ4n) is 2.91. The molecule has 1 aliphatic rings. The van der Waals surface area contributed by atoms with Gasteiger partial charge in [-0.2, -0.15) is 0 Å². The fraction of sp³-hybridized carbons (Fsp3) is 0.316. The number of anilines is 1. The third-order valence-corrected chi connectivity index (χ3v) is 4.25. The molecule has 1 fully saturated rings. The van der Waals surface area contributed by atoms with E-state index in [9.17, 15) is 9.59 Å². The molecular weight excluding hydrogens is 302 g/mol. The lowest BCUT2D eigenvalue weighted by Crippen LogP contribution is -2.36. The summed E-state index contributed by atoms with van der Waals surface area (Å²) in [6.07, 6.45) is 0.855. The molecule has 5 heteroatoms. The third-order valence-electron chi connectivity index (χ3n) is 4.25. The van der Waals surface area contributed by atoms with Crippen LogP contribution in [0.25, 0.3) is 0 Å². The highest BCUT2D eigenvalue weighted by Crippen LogP contribution is 2.48. The highest BCUT2D eigenvalue weighted by atomic mass is 16.2. The van der Waals surface area contributed by atoms with Crippen LogP contribution in [0.4, 0.5) is 5.82 Å². The summed E-state index contributed by atoms with van der Waals surface area (Å²) in [5.41, 5.74) is 2.03. The van der Waals surface area contributed by atoms with Crippen LogP contribution in [0.5, 0.6) is 0 Å². The van der Waals surface area contributed by atoms with Crippen molar-refractivity contribution in [3.05, 3.63) is 59.8 Å². The largest absolute Gasteiger partial charge is 0.336 e. The highest BCUT2D eigenvalue weighted by Gasteiger charge is 2.45. The topological polar surface area (TPSA) is 62.3 Å². The second-order valence-corrected chi connectivity index (χ2v) is 6.27. The van der Waals surface area contributed by atoms with E-state index < -0.39 is 0 Å². The van der Waals surface area contributed by atoms with Crippen molar-refractivity contribution < 1.29 is 9.59 Å². The Morgan fingerprint density at radius 3 is 2.62 bits per heavy atom. The van der Waals surface area contributed by atoms with Gasteiger partial charge in [-0.05, 0) is 37.0 Å². The summed E-state index contributed by atoms with van der Waals surface area (Å²) < 4.78 is 0. The maximum Gasteiger partial charge on any atom is 0.245 e. The molecule has 24 heavy (non-hydrogen) atoms. The summed E-state index contributed by atoms with van der Waals surface area (Å²) in [6, 6.07) is 15.5. The summed E-state index contributed by atoms with van der Waals surface area (Å²) >= 11 is 0. The molecule has 0 radical (unpaired) electrons. The number of aryl methyl sites for hydroxylation is 1. The fourth-order valence-corrected chi connectivity index (χ4v) is 2.91. The minimum absolute atomic E-state index is 0.0118. The Morgan fingerprint density at radius 2 is 1.92 bits per heavy atom. The van der Waals surface area contributed by atoms with Crippen LogP contribution >= 0.6 is 0 Å². The van der Waals surface area contributed by atoms with Crippen LogP contribution in [0.15, 0.2) is 48.5 Å². The molecule has 0 aliphatic heterocycles. The number of hydrogen-bond acceptors (Lipinski definition) is 3. The predicted octanol–water partition coefficient (Wildman–Crippen LogP) is 2.59. The maximum atomic E-state index is 12.5. The van der Waals surface area contributed by atoms with Crippen molar-refractivity contribution in [1.82, 2.24) is 9.88 Å². The number of carbonyl (C=O) groups is 2. The van der Waals surface area contributed by atoms with Gasteiger partial charge in [0.15, 0.2) is 0 Å². The number of hydrogen-bond donors (Lipinski definition) is 1. The minimum atomic E-state index is -0.235. The van der Waals surface area contributed by atoms with Crippen LogP contribution in [0.2, 0.25) is 0 Å². The number of aromatic nitrogens is 1. The Kier molecular flexibility index (Phi) is 4.60. The van der Waals surface area contributed by atoms with E-state index in [4.69, 9.17) is 0 Å². The summed E-state index contributed by atoms with van der Waals surface area (Å²) in [7, 11) is 1.67. The standard InChI is InChI=1S/C19H21N3O2/c1-13-7-6-10-17(20-13)21-18(23)12-22(2)19(24)16-11-15(16)14-8-4-3-5-9-14/h3-10,15-16H,11-12H2,1-2H3,(H,20,21,23)/t15-,16-/m0/s1. The molecule has 0 bridgehead atoms. The molecule has 1 N–H and O–H groups in total. The monoisotopic (exact) mass is 323 g/mol. The van der Waals surface area contributed by atoms with E-state index in [1.165, 1.54) is 10.5 Å². The number of pyridine rings is 1. The molecule has 1 aliphatic carbocycles. The number of rotatable bonds is 5. The van der Waals surface area contributed by atoms with Crippen molar-refractivity contribution in [3.8, 4) is 0 Å². The first-order valence-corrected chi connectivity index (χ1v) is 8.08. The number of amides is 2. The Morgan fingerprint density at radius 1 is 1.17 bits per heavy atom. The number of likely N-dealkylation sites (N-methyl/N-ethyl adjacent to an activating group) is 1. The molecule has 3 rings (SSSR count). The van der Waals surface area contributed by atoms with Gasteiger partial charge in [0.05, 0.1) is 6.54 Å². The van der Waals surface area contributed by atoms with Gasteiger partial charge in [-0.15, -0.1) is 0 Å². The normalized spacial score (nSPS) is 18.8. The van der Waals surface area contributed by atoms with Crippen LogP contribution in [0.3, 0.4) is 0 Å². The zero-order valence-corrected chi connectivity index (χ0v) is 13.9. The highest BCUT2D eigenvalue weighted by molar-refractivity contribution is 5.94. The van der Waals surface area contributed by atoms with E-state index in [0.717, 1.165) is 12.1 Å². The van der Waals surface area contributed by atoms with Gasteiger partial charge in [-0.25, -0.2) is 4.98 Å². The predicted molar refractivity (Wildman–Crippen MR) is 92.5 cm³/mol. The molecule has 1 aromatic carbocycles. The smallest absolute Gasteiger partial charge is 0.245 e. The van der Waals surface area contributed by atoms with Crippen molar-refractivity contribution in [3.63, 3.8) is 0 Å². The first-order chi connectivity index (χ1) is 11.5. The summed E-state index contributed by atoms with van der Waals surface area (Å²) in [4.78, 5) is 30.3. The SMILES string of the molecule is Cc1cccc(NC(=O)CN(C)C(=O)[C@H]2C[C@H]2c2ccccc2)n1. The summed E-state index contributed by atoms with van der Waals surface area (Å²) in [5, 5.41) is 2.73. The second kappa shape index (κ2) is 6.83.